The van der Waals surface area contributed by atoms with Gasteiger partial charge >= 0.3 is 0 Å². The van der Waals surface area contributed by atoms with E-state index < -0.39 is 0 Å². The first kappa shape index (κ1) is 11.0. The minimum absolute atomic E-state index is 0.0689. The lowest BCUT2D eigenvalue weighted by atomic mass is 10.5. The van der Waals surface area contributed by atoms with Gasteiger partial charge in [0.25, 0.3) is 11.7 Å². The lowest BCUT2D eigenvalue weighted by molar-refractivity contribution is 0.0937. The van der Waals surface area contributed by atoms with Gasteiger partial charge in [0.05, 0.1) is 17.6 Å². The van der Waals surface area contributed by atoms with Crippen LogP contribution in [0.3, 0.4) is 0 Å². The highest BCUT2D eigenvalue weighted by molar-refractivity contribution is 7.98. The summed E-state index contributed by atoms with van der Waals surface area (Å²) in [6, 6.07) is 2.28. The van der Waals surface area contributed by atoms with Crippen LogP contribution in [0.1, 0.15) is 29.4 Å². The van der Waals surface area contributed by atoms with Crippen LogP contribution < -0.4 is 5.32 Å². The molecule has 2 rings (SSSR count). The van der Waals surface area contributed by atoms with Crippen molar-refractivity contribution in [3.63, 3.8) is 0 Å². The normalized spacial score (nSPS) is 14.4. The van der Waals surface area contributed by atoms with Gasteiger partial charge in [-0.15, -0.1) is 11.8 Å². The molecule has 6 nitrogen and oxygen atoms in total. The number of nitrogens with zero attached hydrogens (tertiary/aromatic N) is 3. The molecule has 1 amide bonds. The molecule has 0 bridgehead atoms. The maximum Gasteiger partial charge on any atom is 0.292 e. The fraction of sp³-hybridized carbons (Fsp3) is 0.556. The second kappa shape index (κ2) is 4.99. The Hall–Kier alpha value is -1.55. The van der Waals surface area contributed by atoms with E-state index in [4.69, 9.17) is 9.78 Å². The van der Waals surface area contributed by atoms with Crippen molar-refractivity contribution in [3.8, 4) is 6.07 Å². The Morgan fingerprint density at radius 1 is 1.69 bits per heavy atom. The molecule has 1 heterocycles. The quantitative estimate of drug-likeness (QED) is 0.760. The minimum Gasteiger partial charge on any atom is -0.346 e. The molecule has 1 aliphatic rings. The molecule has 0 radical (unpaired) electrons. The Bertz CT molecular complexity index is 421. The molecule has 0 unspecified atom stereocenters. The van der Waals surface area contributed by atoms with E-state index in [-0.39, 0.29) is 17.8 Å². The third-order valence-corrected chi connectivity index (χ3v) is 2.76. The van der Waals surface area contributed by atoms with Crippen molar-refractivity contribution in [2.45, 2.75) is 24.6 Å². The average molecular weight is 238 g/mol. The van der Waals surface area contributed by atoms with Gasteiger partial charge in [-0.3, -0.25) is 4.79 Å². The summed E-state index contributed by atoms with van der Waals surface area (Å²) in [4.78, 5) is 15.4. The molecular formula is C9H10N4O2S. The third kappa shape index (κ3) is 2.97. The zero-order valence-corrected chi connectivity index (χ0v) is 9.29. The Morgan fingerprint density at radius 2 is 2.50 bits per heavy atom. The van der Waals surface area contributed by atoms with Gasteiger partial charge in [0.15, 0.2) is 0 Å². The van der Waals surface area contributed by atoms with Crippen LogP contribution in [0.4, 0.5) is 0 Å². The molecule has 1 saturated carbocycles. The van der Waals surface area contributed by atoms with E-state index in [1.54, 1.807) is 0 Å². The molecule has 0 atom stereocenters. The Morgan fingerprint density at radius 3 is 3.19 bits per heavy atom. The number of aromatic nitrogens is 2. The van der Waals surface area contributed by atoms with Crippen LogP contribution >= 0.6 is 11.8 Å². The summed E-state index contributed by atoms with van der Waals surface area (Å²) in [5.41, 5.74) is 0. The van der Waals surface area contributed by atoms with E-state index in [1.807, 2.05) is 6.07 Å². The number of carbonyl (C=O) groups is 1. The van der Waals surface area contributed by atoms with Gasteiger partial charge in [0.2, 0.25) is 5.89 Å². The molecule has 0 spiro atoms. The van der Waals surface area contributed by atoms with Crippen molar-refractivity contribution in [3.05, 3.63) is 11.7 Å². The van der Waals surface area contributed by atoms with Gasteiger partial charge in [-0.25, -0.2) is 0 Å². The highest BCUT2D eigenvalue weighted by atomic mass is 32.2. The highest BCUT2D eigenvalue weighted by Gasteiger charge is 2.25. The smallest absolute Gasteiger partial charge is 0.292 e. The summed E-state index contributed by atoms with van der Waals surface area (Å²) in [6.07, 6.45) is 2.04. The third-order valence-electron chi connectivity index (χ3n) is 1.98. The molecule has 1 aliphatic carbocycles. The van der Waals surface area contributed by atoms with Crippen LogP contribution in [0, 0.1) is 11.3 Å². The Balaban J connectivity index is 1.85. The summed E-state index contributed by atoms with van der Waals surface area (Å²) in [5, 5.41) is 14.7. The number of hydrogen-bond donors (Lipinski definition) is 1. The molecule has 1 N–H and O–H groups in total. The second-order valence-electron chi connectivity index (χ2n) is 3.41. The Kier molecular flexibility index (Phi) is 3.41. The lowest BCUT2D eigenvalue weighted by Crippen LogP contribution is -2.26. The number of amides is 1. The van der Waals surface area contributed by atoms with E-state index in [0.29, 0.717) is 17.4 Å². The monoisotopic (exact) mass is 238 g/mol. The van der Waals surface area contributed by atoms with Gasteiger partial charge in [0, 0.05) is 6.04 Å². The molecule has 0 aromatic carbocycles. The molecule has 1 fully saturated rings. The maximum absolute atomic E-state index is 11.5. The van der Waals surface area contributed by atoms with Crippen molar-refractivity contribution in [2.24, 2.45) is 0 Å². The highest BCUT2D eigenvalue weighted by Crippen LogP contribution is 2.19. The lowest BCUT2D eigenvalue weighted by Gasteiger charge is -1.95. The average Bonchev–Trinajstić information content (AvgIpc) is 2.95. The number of thioether (sulfide) groups is 1. The summed E-state index contributed by atoms with van der Waals surface area (Å²) >= 11 is 1.37. The second-order valence-corrected chi connectivity index (χ2v) is 4.40. The minimum atomic E-state index is -0.289. The summed E-state index contributed by atoms with van der Waals surface area (Å²) in [5.74, 6) is 0.979. The molecule has 1 aromatic rings. The molecule has 0 saturated heterocycles. The van der Waals surface area contributed by atoms with Gasteiger partial charge < -0.3 is 9.84 Å². The summed E-state index contributed by atoms with van der Waals surface area (Å²) in [6.45, 7) is 0. The van der Waals surface area contributed by atoms with E-state index >= 15 is 0 Å². The summed E-state index contributed by atoms with van der Waals surface area (Å²) < 4.78 is 4.88. The van der Waals surface area contributed by atoms with Crippen molar-refractivity contribution in [2.75, 3.05) is 5.75 Å². The van der Waals surface area contributed by atoms with Gasteiger partial charge in [-0.2, -0.15) is 10.2 Å². The summed E-state index contributed by atoms with van der Waals surface area (Å²) in [7, 11) is 0. The standard InChI is InChI=1S/C9H10N4O2S/c10-3-4-16-5-7-12-8(13-15-7)9(14)11-6-1-2-6/h6H,1-2,4-5H2,(H,11,14). The predicted octanol–water partition coefficient (Wildman–Crippen LogP) is 0.719. The molecule has 0 aliphatic heterocycles. The van der Waals surface area contributed by atoms with Crippen molar-refractivity contribution in [1.29, 1.82) is 5.26 Å². The van der Waals surface area contributed by atoms with Crippen molar-refractivity contribution < 1.29 is 9.32 Å². The molecule has 84 valence electrons. The van der Waals surface area contributed by atoms with Crippen LogP contribution in [0.2, 0.25) is 0 Å². The SMILES string of the molecule is N#CCSCc1nc(C(=O)NC2CC2)no1. The molecule has 7 heteroatoms. The van der Waals surface area contributed by atoms with E-state index in [1.165, 1.54) is 11.8 Å². The molecular weight excluding hydrogens is 228 g/mol. The van der Waals surface area contributed by atoms with E-state index in [2.05, 4.69) is 15.5 Å². The van der Waals surface area contributed by atoms with Crippen LogP contribution in [-0.2, 0) is 5.75 Å². The first-order valence-electron chi connectivity index (χ1n) is 4.87. The first-order valence-corrected chi connectivity index (χ1v) is 6.03. The zero-order chi connectivity index (χ0) is 11.4. The van der Waals surface area contributed by atoms with Crippen LogP contribution in [0.25, 0.3) is 0 Å². The predicted molar refractivity (Wildman–Crippen MR) is 56.6 cm³/mol. The number of rotatable bonds is 5. The first-order chi connectivity index (χ1) is 7.79. The maximum atomic E-state index is 11.5. The molecule has 16 heavy (non-hydrogen) atoms. The zero-order valence-electron chi connectivity index (χ0n) is 8.47. The van der Waals surface area contributed by atoms with E-state index in [9.17, 15) is 4.79 Å². The fourth-order valence-electron chi connectivity index (χ4n) is 1.07. The topological polar surface area (TPSA) is 91.8 Å². The van der Waals surface area contributed by atoms with Gasteiger partial charge in [-0.05, 0) is 12.8 Å². The van der Waals surface area contributed by atoms with Crippen molar-refractivity contribution >= 4 is 17.7 Å². The van der Waals surface area contributed by atoms with Gasteiger partial charge in [-0.1, -0.05) is 5.16 Å². The van der Waals surface area contributed by atoms with E-state index in [0.717, 1.165) is 12.8 Å². The fourth-order valence-corrected chi connectivity index (χ4v) is 1.55. The molecule has 1 aromatic heterocycles. The van der Waals surface area contributed by atoms with Crippen LogP contribution in [0.15, 0.2) is 4.52 Å². The van der Waals surface area contributed by atoms with Gasteiger partial charge in [0.1, 0.15) is 0 Å². The largest absolute Gasteiger partial charge is 0.346 e. The number of carbonyl (C=O) groups excluding carboxylic acids is 1. The van der Waals surface area contributed by atoms with Crippen LogP contribution in [0.5, 0.6) is 0 Å². The number of nitriles is 1. The number of hydrogen-bond acceptors (Lipinski definition) is 6. The Labute approximate surface area is 96.4 Å². The number of nitrogens with one attached hydrogen (secondary N) is 1. The van der Waals surface area contributed by atoms with Crippen molar-refractivity contribution in [1.82, 2.24) is 15.5 Å². The van der Waals surface area contributed by atoms with Crippen LogP contribution in [-0.4, -0.2) is 27.8 Å².